The molecule has 0 saturated carbocycles. The van der Waals surface area contributed by atoms with E-state index in [4.69, 9.17) is 14.0 Å². The lowest BCUT2D eigenvalue weighted by Crippen LogP contribution is -2.40. The summed E-state index contributed by atoms with van der Waals surface area (Å²) in [6.07, 6.45) is 2.95. The van der Waals surface area contributed by atoms with Gasteiger partial charge in [0.15, 0.2) is 5.82 Å². The van der Waals surface area contributed by atoms with Gasteiger partial charge in [0.05, 0.1) is 12.5 Å². The van der Waals surface area contributed by atoms with Crippen molar-refractivity contribution in [3.05, 3.63) is 11.7 Å². The zero-order chi connectivity index (χ0) is 12.9. The molecule has 6 nitrogen and oxygen atoms in total. The molecule has 2 fully saturated rings. The number of aromatic nitrogens is 2. The van der Waals surface area contributed by atoms with Gasteiger partial charge in [-0.25, -0.2) is 0 Å². The lowest BCUT2D eigenvalue weighted by molar-refractivity contribution is 0.0211. The van der Waals surface area contributed by atoms with Crippen LogP contribution in [0.15, 0.2) is 4.52 Å². The van der Waals surface area contributed by atoms with Gasteiger partial charge in [0.25, 0.3) is 0 Å². The van der Waals surface area contributed by atoms with Gasteiger partial charge in [0.1, 0.15) is 0 Å². The molecular weight excluding hydrogens is 246 g/mol. The van der Waals surface area contributed by atoms with Crippen molar-refractivity contribution < 1.29 is 14.0 Å². The molecule has 2 aliphatic heterocycles. The fourth-order valence-corrected chi connectivity index (χ4v) is 2.32. The molecule has 3 heterocycles. The van der Waals surface area contributed by atoms with E-state index in [0.29, 0.717) is 18.4 Å². The smallest absolute Gasteiger partial charge is 0.232 e. The van der Waals surface area contributed by atoms with E-state index >= 15 is 0 Å². The van der Waals surface area contributed by atoms with E-state index in [1.807, 2.05) is 0 Å². The normalized spacial score (nSPS) is 21.5. The second-order valence-corrected chi connectivity index (χ2v) is 5.28. The van der Waals surface area contributed by atoms with Gasteiger partial charge in [-0.1, -0.05) is 5.16 Å². The molecule has 6 heteroatoms. The molecule has 1 aromatic rings. The largest absolute Gasteiger partial charge is 0.381 e. The van der Waals surface area contributed by atoms with E-state index in [1.54, 1.807) is 0 Å². The van der Waals surface area contributed by atoms with Crippen LogP contribution in [0.2, 0.25) is 0 Å². The monoisotopic (exact) mass is 267 g/mol. The Hall–Kier alpha value is -0.980. The molecule has 2 saturated heterocycles. The molecule has 0 atom stereocenters. The van der Waals surface area contributed by atoms with Crippen molar-refractivity contribution in [2.75, 3.05) is 39.5 Å². The van der Waals surface area contributed by atoms with Crippen LogP contribution in [0.5, 0.6) is 0 Å². The third-order valence-corrected chi connectivity index (χ3v) is 3.78. The summed E-state index contributed by atoms with van der Waals surface area (Å²) in [4.78, 5) is 4.40. The number of rotatable bonds is 6. The summed E-state index contributed by atoms with van der Waals surface area (Å²) < 4.78 is 16.3. The molecular formula is C13H21N3O3. The van der Waals surface area contributed by atoms with Gasteiger partial charge in [0, 0.05) is 39.3 Å². The van der Waals surface area contributed by atoms with E-state index in [-0.39, 0.29) is 0 Å². The number of nitrogens with one attached hydrogen (secondary N) is 1. The molecule has 0 amide bonds. The summed E-state index contributed by atoms with van der Waals surface area (Å²) in [5.74, 6) is 2.58. The minimum atomic E-state index is 0.407. The second-order valence-electron chi connectivity index (χ2n) is 5.28. The molecule has 3 rings (SSSR count). The summed E-state index contributed by atoms with van der Waals surface area (Å²) >= 11 is 0. The van der Waals surface area contributed by atoms with E-state index < -0.39 is 0 Å². The van der Waals surface area contributed by atoms with Gasteiger partial charge in [-0.15, -0.1) is 0 Å². The van der Waals surface area contributed by atoms with Crippen LogP contribution in [0.3, 0.4) is 0 Å². The van der Waals surface area contributed by atoms with Crippen LogP contribution in [0.25, 0.3) is 0 Å². The van der Waals surface area contributed by atoms with E-state index in [0.717, 1.165) is 63.9 Å². The van der Waals surface area contributed by atoms with Gasteiger partial charge in [-0.2, -0.15) is 4.98 Å². The Bertz CT molecular complexity index is 386. The summed E-state index contributed by atoms with van der Waals surface area (Å²) in [6, 6.07) is 0. The van der Waals surface area contributed by atoms with Gasteiger partial charge in [0.2, 0.25) is 5.89 Å². The summed E-state index contributed by atoms with van der Waals surface area (Å²) in [5, 5.41) is 7.18. The van der Waals surface area contributed by atoms with Gasteiger partial charge in [-0.3, -0.25) is 0 Å². The Kier molecular flexibility index (Phi) is 4.42. The van der Waals surface area contributed by atoms with Crippen LogP contribution in [0.4, 0.5) is 0 Å². The van der Waals surface area contributed by atoms with E-state index in [2.05, 4.69) is 15.5 Å². The first kappa shape index (κ1) is 13.0. The fraction of sp³-hybridized carbons (Fsp3) is 0.846. The van der Waals surface area contributed by atoms with Crippen molar-refractivity contribution in [2.45, 2.75) is 25.2 Å². The van der Waals surface area contributed by atoms with Crippen LogP contribution >= 0.6 is 0 Å². The van der Waals surface area contributed by atoms with E-state index in [9.17, 15) is 0 Å². The molecule has 0 radical (unpaired) electrons. The fourth-order valence-electron chi connectivity index (χ4n) is 2.32. The third-order valence-electron chi connectivity index (χ3n) is 3.78. The molecule has 2 aliphatic rings. The van der Waals surface area contributed by atoms with Gasteiger partial charge < -0.3 is 19.3 Å². The number of hydrogen-bond acceptors (Lipinski definition) is 6. The summed E-state index contributed by atoms with van der Waals surface area (Å²) in [6.45, 7) is 5.12. The lowest BCUT2D eigenvalue weighted by atomic mass is 10.0. The molecule has 0 spiro atoms. The quantitative estimate of drug-likeness (QED) is 0.767. The lowest BCUT2D eigenvalue weighted by Gasteiger charge is -2.22. The molecule has 0 aromatic carbocycles. The topological polar surface area (TPSA) is 69.4 Å². The predicted octanol–water partition coefficient (Wildman–Crippen LogP) is 0.742. The Morgan fingerprint density at radius 2 is 2.11 bits per heavy atom. The molecule has 1 aromatic heterocycles. The summed E-state index contributed by atoms with van der Waals surface area (Å²) in [7, 11) is 0. The first-order valence-electron chi connectivity index (χ1n) is 7.10. The van der Waals surface area contributed by atoms with Crippen molar-refractivity contribution in [3.63, 3.8) is 0 Å². The maximum atomic E-state index is 5.70. The highest BCUT2D eigenvalue weighted by Gasteiger charge is 2.24. The van der Waals surface area contributed by atoms with E-state index in [1.165, 1.54) is 0 Å². The Morgan fingerprint density at radius 3 is 2.84 bits per heavy atom. The number of hydrogen-bond donors (Lipinski definition) is 1. The van der Waals surface area contributed by atoms with Gasteiger partial charge >= 0.3 is 0 Å². The maximum absolute atomic E-state index is 5.70. The number of ether oxygens (including phenoxy) is 2. The Labute approximate surface area is 112 Å². The Morgan fingerprint density at radius 1 is 1.26 bits per heavy atom. The highest BCUT2D eigenvalue weighted by molar-refractivity contribution is 5.00. The average Bonchev–Trinajstić information content (AvgIpc) is 2.82. The molecule has 0 bridgehead atoms. The van der Waals surface area contributed by atoms with Crippen LogP contribution in [0, 0.1) is 5.92 Å². The Balaban J connectivity index is 1.34. The van der Waals surface area contributed by atoms with Crippen LogP contribution in [-0.4, -0.2) is 49.7 Å². The standard InChI is InChI=1S/C13H21N3O3/c1-4-17-5-2-10(1)9-18-6-3-12-15-13(19-16-12)11-7-14-8-11/h10-11,14H,1-9H2. The minimum absolute atomic E-state index is 0.407. The maximum Gasteiger partial charge on any atom is 0.232 e. The van der Waals surface area contributed by atoms with Crippen molar-refractivity contribution >= 4 is 0 Å². The third kappa shape index (κ3) is 3.52. The van der Waals surface area contributed by atoms with Crippen LogP contribution in [0.1, 0.15) is 30.5 Å². The van der Waals surface area contributed by atoms with Crippen LogP contribution in [-0.2, 0) is 15.9 Å². The van der Waals surface area contributed by atoms with Gasteiger partial charge in [-0.05, 0) is 18.8 Å². The molecule has 0 aliphatic carbocycles. The van der Waals surface area contributed by atoms with Crippen molar-refractivity contribution in [2.24, 2.45) is 5.92 Å². The van der Waals surface area contributed by atoms with Crippen molar-refractivity contribution in [1.29, 1.82) is 0 Å². The molecule has 106 valence electrons. The first-order valence-corrected chi connectivity index (χ1v) is 7.10. The zero-order valence-corrected chi connectivity index (χ0v) is 11.1. The average molecular weight is 267 g/mol. The zero-order valence-electron chi connectivity index (χ0n) is 11.1. The first-order chi connectivity index (χ1) is 9.42. The predicted molar refractivity (Wildman–Crippen MR) is 68.0 cm³/mol. The molecule has 19 heavy (non-hydrogen) atoms. The van der Waals surface area contributed by atoms with Crippen LogP contribution < -0.4 is 5.32 Å². The molecule has 0 unspecified atom stereocenters. The second kappa shape index (κ2) is 6.45. The number of nitrogens with zero attached hydrogens (tertiary/aromatic N) is 2. The minimum Gasteiger partial charge on any atom is -0.381 e. The van der Waals surface area contributed by atoms with Crippen molar-refractivity contribution in [1.82, 2.24) is 15.5 Å². The SMILES string of the molecule is C1CC(COCCc2noc(C3CNC3)n2)CCO1. The van der Waals surface area contributed by atoms with Crippen molar-refractivity contribution in [3.8, 4) is 0 Å². The molecule has 1 N–H and O–H groups in total. The highest BCUT2D eigenvalue weighted by Crippen LogP contribution is 2.17. The summed E-state index contributed by atoms with van der Waals surface area (Å²) in [5.41, 5.74) is 0. The highest BCUT2D eigenvalue weighted by atomic mass is 16.5.